The van der Waals surface area contributed by atoms with Gasteiger partial charge in [-0.1, -0.05) is 28.1 Å². The van der Waals surface area contributed by atoms with E-state index in [0.29, 0.717) is 13.0 Å². The van der Waals surface area contributed by atoms with Crippen LogP contribution < -0.4 is 5.32 Å². The zero-order valence-corrected chi connectivity index (χ0v) is 13.7. The molecular weight excluding hydrogens is 318 g/mol. The van der Waals surface area contributed by atoms with Crippen molar-refractivity contribution in [1.82, 2.24) is 5.32 Å². The van der Waals surface area contributed by atoms with Crippen molar-refractivity contribution in [1.29, 1.82) is 0 Å². The molecule has 2 rings (SSSR count). The number of ether oxygens (including phenoxy) is 1. The molecule has 1 saturated carbocycles. The molecule has 1 aromatic rings. The quantitative estimate of drug-likeness (QED) is 0.774. The molecule has 0 aromatic heterocycles. The van der Waals surface area contributed by atoms with Gasteiger partial charge in [0.25, 0.3) is 0 Å². The summed E-state index contributed by atoms with van der Waals surface area (Å²) in [5.41, 5.74) is 0.485. The first-order valence-corrected chi connectivity index (χ1v) is 7.99. The van der Waals surface area contributed by atoms with Gasteiger partial charge in [0.2, 0.25) is 0 Å². The highest BCUT2D eigenvalue weighted by Crippen LogP contribution is 2.29. The van der Waals surface area contributed by atoms with Crippen molar-refractivity contribution in [3.05, 3.63) is 34.3 Å². The summed E-state index contributed by atoms with van der Waals surface area (Å²) in [6.07, 6.45) is 3.18. The van der Waals surface area contributed by atoms with Crippen molar-refractivity contribution >= 4 is 21.9 Å². The second-order valence-electron chi connectivity index (χ2n) is 5.68. The maximum Gasteiger partial charge on any atom is 0.326 e. The summed E-state index contributed by atoms with van der Waals surface area (Å²) in [6.45, 7) is 5.10. The molecule has 1 unspecified atom stereocenters. The van der Waals surface area contributed by atoms with Gasteiger partial charge in [-0.2, -0.15) is 0 Å². The summed E-state index contributed by atoms with van der Waals surface area (Å²) in [4.78, 5) is 12.3. The Labute approximate surface area is 129 Å². The number of hydrogen-bond acceptors (Lipinski definition) is 3. The number of hydrogen-bond donors (Lipinski definition) is 1. The Bertz CT molecular complexity index is 456. The topological polar surface area (TPSA) is 38.3 Å². The molecule has 0 saturated heterocycles. The van der Waals surface area contributed by atoms with Crippen LogP contribution in [0.2, 0.25) is 0 Å². The third-order valence-electron chi connectivity index (χ3n) is 3.67. The van der Waals surface area contributed by atoms with E-state index in [1.165, 1.54) is 12.8 Å². The lowest BCUT2D eigenvalue weighted by Gasteiger charge is -2.29. The van der Waals surface area contributed by atoms with Crippen LogP contribution in [-0.4, -0.2) is 24.7 Å². The molecule has 1 aromatic carbocycles. The minimum Gasteiger partial charge on any atom is -0.465 e. The summed E-state index contributed by atoms with van der Waals surface area (Å²) in [6, 6.07) is 8.09. The third-order valence-corrected chi connectivity index (χ3v) is 4.20. The van der Waals surface area contributed by atoms with Crippen LogP contribution >= 0.6 is 15.9 Å². The molecule has 4 heteroatoms. The Kier molecular flexibility index (Phi) is 5.22. The van der Waals surface area contributed by atoms with Gasteiger partial charge in [-0.05, 0) is 56.8 Å². The average Bonchev–Trinajstić information content (AvgIpc) is 3.24. The normalized spacial score (nSPS) is 17.6. The Morgan fingerprint density at radius 3 is 2.60 bits per heavy atom. The molecule has 0 aliphatic heterocycles. The highest BCUT2D eigenvalue weighted by molar-refractivity contribution is 9.10. The Hall–Kier alpha value is -0.870. The lowest BCUT2D eigenvalue weighted by Crippen LogP contribution is -2.52. The van der Waals surface area contributed by atoms with Gasteiger partial charge in [0.1, 0.15) is 5.54 Å². The van der Waals surface area contributed by atoms with Gasteiger partial charge >= 0.3 is 5.97 Å². The Balaban J connectivity index is 2.07. The number of nitrogens with one attached hydrogen (secondary N) is 1. The second kappa shape index (κ2) is 6.72. The molecule has 20 heavy (non-hydrogen) atoms. The molecule has 1 aliphatic rings. The number of rotatable bonds is 7. The summed E-state index contributed by atoms with van der Waals surface area (Å²) in [7, 11) is 0. The molecule has 0 bridgehead atoms. The first-order chi connectivity index (χ1) is 9.53. The lowest BCUT2D eigenvalue weighted by molar-refractivity contribution is -0.150. The first kappa shape index (κ1) is 15.5. The van der Waals surface area contributed by atoms with E-state index in [9.17, 15) is 4.79 Å². The van der Waals surface area contributed by atoms with Crippen LogP contribution in [0.5, 0.6) is 0 Å². The monoisotopic (exact) mass is 339 g/mol. The molecule has 110 valence electrons. The number of carbonyl (C=O) groups is 1. The molecule has 0 amide bonds. The van der Waals surface area contributed by atoms with Gasteiger partial charge in [0, 0.05) is 10.9 Å². The first-order valence-electron chi connectivity index (χ1n) is 7.20. The van der Waals surface area contributed by atoms with Crippen LogP contribution in [-0.2, 0) is 16.0 Å². The SMILES string of the molecule is CCOC(=O)C(C)(Cc1ccc(Br)cc1)NCC1CC1. The standard InChI is InChI=1S/C16H22BrNO2/c1-3-20-15(19)16(2,18-11-13-4-5-13)10-12-6-8-14(17)9-7-12/h6-9,13,18H,3-5,10-11H2,1-2H3. The van der Waals surface area contributed by atoms with Crippen molar-refractivity contribution in [2.24, 2.45) is 5.92 Å². The van der Waals surface area contributed by atoms with Gasteiger partial charge < -0.3 is 10.1 Å². The van der Waals surface area contributed by atoms with Crippen LogP contribution in [0.25, 0.3) is 0 Å². The van der Waals surface area contributed by atoms with Crippen LogP contribution in [0.3, 0.4) is 0 Å². The summed E-state index contributed by atoms with van der Waals surface area (Å²) in [5, 5.41) is 3.42. The van der Waals surface area contributed by atoms with Crippen molar-refractivity contribution in [2.45, 2.75) is 38.6 Å². The largest absolute Gasteiger partial charge is 0.465 e. The van der Waals surface area contributed by atoms with Gasteiger partial charge in [-0.25, -0.2) is 0 Å². The zero-order chi connectivity index (χ0) is 14.6. The molecular formula is C16H22BrNO2. The van der Waals surface area contributed by atoms with Crippen LogP contribution in [0.1, 0.15) is 32.3 Å². The lowest BCUT2D eigenvalue weighted by atomic mass is 9.92. The predicted molar refractivity (Wildman–Crippen MR) is 83.6 cm³/mol. The van der Waals surface area contributed by atoms with Crippen molar-refractivity contribution in [3.63, 3.8) is 0 Å². The molecule has 0 spiro atoms. The van der Waals surface area contributed by atoms with Crippen LogP contribution in [0.4, 0.5) is 0 Å². The fourth-order valence-electron chi connectivity index (χ4n) is 2.20. The third kappa shape index (κ3) is 4.32. The minimum absolute atomic E-state index is 0.163. The molecule has 1 aliphatic carbocycles. The zero-order valence-electron chi connectivity index (χ0n) is 12.1. The van der Waals surface area contributed by atoms with Gasteiger partial charge in [-0.3, -0.25) is 4.79 Å². The van der Waals surface area contributed by atoms with E-state index in [2.05, 4.69) is 21.2 Å². The van der Waals surface area contributed by atoms with Crippen molar-refractivity contribution in [2.75, 3.05) is 13.2 Å². The van der Waals surface area contributed by atoms with E-state index in [1.807, 2.05) is 38.1 Å². The Morgan fingerprint density at radius 1 is 1.40 bits per heavy atom. The number of benzene rings is 1. The van der Waals surface area contributed by atoms with Crippen LogP contribution in [0, 0.1) is 5.92 Å². The maximum atomic E-state index is 12.3. The van der Waals surface area contributed by atoms with E-state index >= 15 is 0 Å². The summed E-state index contributed by atoms with van der Waals surface area (Å²) in [5.74, 6) is 0.567. The molecule has 1 N–H and O–H groups in total. The van der Waals surface area contributed by atoms with Gasteiger partial charge in [-0.15, -0.1) is 0 Å². The van der Waals surface area contributed by atoms with E-state index in [4.69, 9.17) is 4.74 Å². The highest BCUT2D eigenvalue weighted by atomic mass is 79.9. The molecule has 3 nitrogen and oxygen atoms in total. The fourth-order valence-corrected chi connectivity index (χ4v) is 2.46. The minimum atomic E-state index is -0.646. The summed E-state index contributed by atoms with van der Waals surface area (Å²) >= 11 is 3.43. The van der Waals surface area contributed by atoms with Crippen LogP contribution in [0.15, 0.2) is 28.7 Å². The number of esters is 1. The molecule has 0 radical (unpaired) electrons. The molecule has 0 heterocycles. The predicted octanol–water partition coefficient (Wildman–Crippen LogP) is 3.31. The fraction of sp³-hybridized carbons (Fsp3) is 0.562. The van der Waals surface area contributed by atoms with Crippen molar-refractivity contribution in [3.8, 4) is 0 Å². The maximum absolute atomic E-state index is 12.3. The van der Waals surface area contributed by atoms with Gasteiger partial charge in [0.05, 0.1) is 6.61 Å². The van der Waals surface area contributed by atoms with E-state index in [1.54, 1.807) is 0 Å². The van der Waals surface area contributed by atoms with E-state index < -0.39 is 5.54 Å². The molecule has 1 atom stereocenters. The van der Waals surface area contributed by atoms with Gasteiger partial charge in [0.15, 0.2) is 0 Å². The Morgan fingerprint density at radius 2 is 2.05 bits per heavy atom. The highest BCUT2D eigenvalue weighted by Gasteiger charge is 2.36. The number of halogens is 1. The van der Waals surface area contributed by atoms with E-state index in [0.717, 1.165) is 22.5 Å². The molecule has 1 fully saturated rings. The summed E-state index contributed by atoms with van der Waals surface area (Å²) < 4.78 is 6.29. The smallest absolute Gasteiger partial charge is 0.326 e. The second-order valence-corrected chi connectivity index (χ2v) is 6.60. The van der Waals surface area contributed by atoms with E-state index in [-0.39, 0.29) is 5.97 Å². The number of carbonyl (C=O) groups excluding carboxylic acids is 1. The van der Waals surface area contributed by atoms with Crippen molar-refractivity contribution < 1.29 is 9.53 Å². The average molecular weight is 340 g/mol.